The number of methoxy groups -OCH3 is 1. The molecule has 6 amide bonds. The van der Waals surface area contributed by atoms with Gasteiger partial charge >= 0.3 is 0 Å². The Bertz CT molecular complexity index is 3920. The average molecular weight is 1170 g/mol. The molecule has 12 rings (SSSR count). The molecule has 87 heavy (non-hydrogen) atoms. The van der Waals surface area contributed by atoms with Crippen molar-refractivity contribution in [2.24, 2.45) is 0 Å². The third kappa shape index (κ3) is 11.7. The third-order valence-corrected chi connectivity index (χ3v) is 14.9. The molecule has 0 saturated carbocycles. The topological polar surface area (TPSA) is 298 Å². The first-order chi connectivity index (χ1) is 42.2. The van der Waals surface area contributed by atoms with Gasteiger partial charge in [-0.05, 0) is 54.6 Å². The van der Waals surface area contributed by atoms with E-state index in [0.29, 0.717) is 129 Å². The highest BCUT2D eigenvalue weighted by Crippen LogP contribution is 2.37. The summed E-state index contributed by atoms with van der Waals surface area (Å²) in [5.41, 5.74) is 4.73. The zero-order chi connectivity index (χ0) is 61.6. The molecule has 0 unspecified atom stereocenters. The Hall–Kier alpha value is -10.7. The minimum absolute atomic E-state index is 0.0163. The van der Waals surface area contributed by atoms with Crippen LogP contribution in [0.2, 0.25) is 0 Å². The lowest BCUT2D eigenvalue weighted by Gasteiger charge is -2.27. The first-order valence-corrected chi connectivity index (χ1v) is 28.8. The van der Waals surface area contributed by atoms with E-state index in [-0.39, 0.29) is 48.8 Å². The number of amides is 6. The van der Waals surface area contributed by atoms with E-state index in [1.54, 1.807) is 55.6 Å². The third-order valence-electron chi connectivity index (χ3n) is 14.9. The van der Waals surface area contributed by atoms with Crippen LogP contribution in [0.3, 0.4) is 0 Å². The van der Waals surface area contributed by atoms with Crippen molar-refractivity contribution in [2.45, 2.75) is 80.1 Å². The highest BCUT2D eigenvalue weighted by molar-refractivity contribution is 6.28. The van der Waals surface area contributed by atoms with Crippen LogP contribution in [0.5, 0.6) is 5.75 Å². The summed E-state index contributed by atoms with van der Waals surface area (Å²) >= 11 is 0. The summed E-state index contributed by atoms with van der Waals surface area (Å²) in [5.74, 6) is 4.07. The summed E-state index contributed by atoms with van der Waals surface area (Å²) in [5, 5.41) is 20.0. The zero-order valence-electron chi connectivity index (χ0n) is 49.7. The smallest absolute Gasteiger partial charge is 0.262 e. The first-order valence-electron chi connectivity index (χ1n) is 28.8. The number of benzene rings is 6. The van der Waals surface area contributed by atoms with Crippen molar-refractivity contribution in [3.05, 3.63) is 159 Å². The van der Waals surface area contributed by atoms with Crippen LogP contribution in [0, 0.1) is 0 Å². The molecule has 0 atom stereocenters. The molecule has 5 N–H and O–H groups in total. The van der Waals surface area contributed by atoms with Crippen molar-refractivity contribution < 1.29 is 33.5 Å². The fraction of sp³-hybridized carbons (Fsp3) is 0.286. The molecule has 24 heteroatoms. The monoisotopic (exact) mass is 1170 g/mol. The molecule has 0 radical (unpaired) electrons. The quantitative estimate of drug-likeness (QED) is 0.0397. The fourth-order valence-electron chi connectivity index (χ4n) is 10.4. The number of aromatic nitrogens is 9. The van der Waals surface area contributed by atoms with E-state index in [0.717, 1.165) is 56.9 Å². The molecule has 3 aliphatic heterocycles. The average Bonchev–Trinajstić information content (AvgIpc) is 1.22. The summed E-state index contributed by atoms with van der Waals surface area (Å²) in [4.78, 5) is 120. The number of hydrogen-bond donors (Lipinski definition) is 5. The van der Waals surface area contributed by atoms with Crippen LogP contribution >= 0.6 is 0 Å². The standard InChI is InChI=1S/2C21H22N6O2.C21H21N5O3/c1-4-16-24-17(5-2)26-21(25-16)23-11-22-15-10-9-14-18-12(15)7-6-8-13(18)19(28)27(3)20(14)29;1-4-16-24-17(5-2)26-21(25-16)23-11-27-19(28)13-8-6-7-12-15(22-3)10-9-14(18(12)13)20(27)29;1-4-16-23-17(5-2)25-21(24-16)22-11-26-19(27)13-8-6-7-12-15(29-3)10-9-14(18(12)13)20(26)28/h2*6-10,22H,4-5,11H2,1-3H3,(H,23,24,25,26);6-10H,4-5,11H2,1-3H3,(H,22,23,24,25). The summed E-state index contributed by atoms with van der Waals surface area (Å²) in [6.07, 6.45) is 4.17. The van der Waals surface area contributed by atoms with Gasteiger partial charge in [0.15, 0.2) is 0 Å². The van der Waals surface area contributed by atoms with Crippen molar-refractivity contribution >= 4 is 97.0 Å². The van der Waals surface area contributed by atoms with Crippen LogP contribution < -0.4 is 31.3 Å². The minimum Gasteiger partial charge on any atom is -0.496 e. The molecule has 6 heterocycles. The molecule has 0 aliphatic carbocycles. The SMILES string of the molecule is CCc1nc(CC)nc(NCN2C(=O)c3cccc4c(NC)ccc(c34)C2=O)n1.CCc1nc(CC)nc(NCN2C(=O)c3cccc4c(OC)ccc(c34)C2=O)n1.CCc1nc(CC)nc(NCNc2ccc3c4c(cccc24)C(=O)N(C)C3=O)n1. The van der Waals surface area contributed by atoms with Gasteiger partial charge in [-0.1, -0.05) is 77.9 Å². The molecule has 0 spiro atoms. The summed E-state index contributed by atoms with van der Waals surface area (Å²) in [7, 11) is 4.89. The minimum atomic E-state index is -0.366. The van der Waals surface area contributed by atoms with Crippen LogP contribution in [0.25, 0.3) is 32.3 Å². The van der Waals surface area contributed by atoms with Gasteiger partial charge in [-0.2, -0.15) is 29.9 Å². The number of aryl methyl sites for hydroxylation is 6. The maximum Gasteiger partial charge on any atom is 0.262 e. The molecular weight excluding hydrogens is 1110 g/mol. The second kappa shape index (κ2) is 25.7. The van der Waals surface area contributed by atoms with Gasteiger partial charge < -0.3 is 31.3 Å². The largest absolute Gasteiger partial charge is 0.496 e. The van der Waals surface area contributed by atoms with E-state index in [1.165, 1.54) is 16.8 Å². The van der Waals surface area contributed by atoms with Gasteiger partial charge in [0.1, 0.15) is 54.0 Å². The van der Waals surface area contributed by atoms with E-state index < -0.39 is 0 Å². The number of nitrogens with one attached hydrogen (secondary N) is 5. The Balaban J connectivity index is 0.000000144. The lowest BCUT2D eigenvalue weighted by Crippen LogP contribution is -2.43. The van der Waals surface area contributed by atoms with Gasteiger partial charge in [-0.25, -0.2) is 15.0 Å². The van der Waals surface area contributed by atoms with Gasteiger partial charge in [0.25, 0.3) is 35.4 Å². The van der Waals surface area contributed by atoms with Gasteiger partial charge in [0.2, 0.25) is 17.8 Å². The first kappa shape index (κ1) is 59.5. The van der Waals surface area contributed by atoms with Crippen molar-refractivity contribution in [3.63, 3.8) is 0 Å². The highest BCUT2D eigenvalue weighted by Gasteiger charge is 2.36. The van der Waals surface area contributed by atoms with E-state index >= 15 is 0 Å². The van der Waals surface area contributed by atoms with Gasteiger partial charge in [0, 0.05) is 130 Å². The second-order valence-electron chi connectivity index (χ2n) is 20.1. The van der Waals surface area contributed by atoms with Crippen molar-refractivity contribution in [1.29, 1.82) is 0 Å². The Morgan fingerprint density at radius 1 is 0.379 bits per heavy atom. The van der Waals surface area contributed by atoms with Crippen LogP contribution in [-0.4, -0.2) is 136 Å². The molecular formula is C63H65N17O7. The number of carbonyl (C=O) groups is 6. The van der Waals surface area contributed by atoms with Gasteiger partial charge in [-0.15, -0.1) is 0 Å². The fourth-order valence-corrected chi connectivity index (χ4v) is 10.4. The number of hydrogen-bond acceptors (Lipinski definition) is 21. The van der Waals surface area contributed by atoms with Crippen LogP contribution in [-0.2, 0) is 38.5 Å². The van der Waals surface area contributed by atoms with E-state index in [2.05, 4.69) is 71.4 Å². The Morgan fingerprint density at radius 2 is 0.713 bits per heavy atom. The van der Waals surface area contributed by atoms with E-state index in [9.17, 15) is 28.8 Å². The number of rotatable bonds is 18. The van der Waals surface area contributed by atoms with Crippen LogP contribution in [0.1, 0.15) is 139 Å². The summed E-state index contributed by atoms with van der Waals surface area (Å²) in [6, 6.07) is 27.0. The van der Waals surface area contributed by atoms with Gasteiger partial charge in [0.05, 0.1) is 13.8 Å². The number of nitrogens with zero attached hydrogens (tertiary/aromatic N) is 12. The van der Waals surface area contributed by atoms with E-state index in [4.69, 9.17) is 4.74 Å². The number of ether oxygens (including phenoxy) is 1. The number of carbonyl (C=O) groups excluding carboxylic acids is 6. The predicted octanol–water partition coefficient (Wildman–Crippen LogP) is 8.54. The number of anilines is 5. The Morgan fingerprint density at radius 3 is 1.11 bits per heavy atom. The van der Waals surface area contributed by atoms with E-state index in [1.807, 2.05) is 91.1 Å². The second-order valence-corrected chi connectivity index (χ2v) is 20.1. The molecule has 0 bridgehead atoms. The molecule has 6 aromatic carbocycles. The normalized spacial score (nSPS) is 13.1. The number of imide groups is 3. The molecule has 444 valence electrons. The molecule has 3 aliphatic rings. The molecule has 0 saturated heterocycles. The zero-order valence-corrected chi connectivity index (χ0v) is 49.7. The Labute approximate surface area is 501 Å². The maximum absolute atomic E-state index is 13.1. The Kier molecular flexibility index (Phi) is 17.6. The lowest BCUT2D eigenvalue weighted by atomic mass is 9.93. The van der Waals surface area contributed by atoms with Crippen LogP contribution in [0.15, 0.2) is 91.0 Å². The van der Waals surface area contributed by atoms with Gasteiger partial charge in [-0.3, -0.25) is 43.5 Å². The highest BCUT2D eigenvalue weighted by atomic mass is 16.5. The van der Waals surface area contributed by atoms with Crippen molar-refractivity contribution in [2.75, 3.05) is 67.8 Å². The molecule has 9 aromatic rings. The summed E-state index contributed by atoms with van der Waals surface area (Å²) < 4.78 is 5.38. The summed E-state index contributed by atoms with van der Waals surface area (Å²) in [6.45, 7) is 12.2. The lowest BCUT2D eigenvalue weighted by molar-refractivity contribution is 0.0606. The van der Waals surface area contributed by atoms with Crippen molar-refractivity contribution in [1.82, 2.24) is 59.6 Å². The molecule has 0 fully saturated rings. The van der Waals surface area contributed by atoms with Crippen molar-refractivity contribution in [3.8, 4) is 5.75 Å². The maximum atomic E-state index is 13.1. The predicted molar refractivity (Wildman–Crippen MR) is 330 cm³/mol. The molecule has 3 aromatic heterocycles. The molecule has 24 nitrogen and oxygen atoms in total. The van der Waals surface area contributed by atoms with Crippen LogP contribution in [0.4, 0.5) is 29.2 Å².